The summed E-state index contributed by atoms with van der Waals surface area (Å²) >= 11 is 1.58. The van der Waals surface area contributed by atoms with Gasteiger partial charge in [-0.25, -0.2) is 14.6 Å². The summed E-state index contributed by atoms with van der Waals surface area (Å²) in [5.74, 6) is 1.38. The number of aryl methyl sites for hydroxylation is 2. The van der Waals surface area contributed by atoms with Crippen molar-refractivity contribution < 1.29 is 5.21 Å². The molecular weight excluding hydrogens is 286 g/mol. The van der Waals surface area contributed by atoms with Crippen molar-refractivity contribution >= 4 is 17.6 Å². The molecule has 3 heterocycles. The Morgan fingerprint density at radius 3 is 2.86 bits per heavy atom. The summed E-state index contributed by atoms with van der Waals surface area (Å²) in [5.41, 5.74) is 2.37. The molecule has 1 N–H and O–H groups in total. The van der Waals surface area contributed by atoms with E-state index in [1.54, 1.807) is 22.2 Å². The fourth-order valence-electron chi connectivity index (χ4n) is 2.08. The minimum atomic E-state index is 0.690. The van der Waals surface area contributed by atoms with Crippen LogP contribution in [-0.4, -0.2) is 31.2 Å². The summed E-state index contributed by atoms with van der Waals surface area (Å²) in [6.07, 6.45) is 3.16. The van der Waals surface area contributed by atoms with Crippen molar-refractivity contribution in [2.45, 2.75) is 13.8 Å². The largest absolute Gasteiger partial charge is 0.411 e. The maximum Gasteiger partial charge on any atom is 0.157 e. The van der Waals surface area contributed by atoms with E-state index >= 15 is 0 Å². The zero-order valence-electron chi connectivity index (χ0n) is 11.6. The van der Waals surface area contributed by atoms with Crippen molar-refractivity contribution in [3.05, 3.63) is 46.9 Å². The van der Waals surface area contributed by atoms with Crippen LogP contribution in [0.25, 0.3) is 16.4 Å². The van der Waals surface area contributed by atoms with Gasteiger partial charge in [0.15, 0.2) is 5.82 Å². The Kier molecular flexibility index (Phi) is 3.49. The van der Waals surface area contributed by atoms with Crippen LogP contribution in [0.1, 0.15) is 17.1 Å². The van der Waals surface area contributed by atoms with Crippen LogP contribution in [0.15, 0.2) is 34.9 Å². The second-order valence-electron chi connectivity index (χ2n) is 4.51. The Morgan fingerprint density at radius 1 is 1.33 bits per heavy atom. The SMILES string of the molecule is Cc1cc(-n2cc(/C=N/O)c(-c3cccs3)n2)nc(C)n1. The van der Waals surface area contributed by atoms with E-state index in [4.69, 9.17) is 5.21 Å². The van der Waals surface area contributed by atoms with Crippen LogP contribution in [-0.2, 0) is 0 Å². The molecule has 0 aliphatic heterocycles. The molecule has 3 aromatic heterocycles. The second-order valence-corrected chi connectivity index (χ2v) is 5.46. The number of hydrogen-bond acceptors (Lipinski definition) is 6. The first-order valence-electron chi connectivity index (χ1n) is 6.31. The van der Waals surface area contributed by atoms with Gasteiger partial charge in [0.25, 0.3) is 0 Å². The number of rotatable bonds is 3. The molecule has 0 aliphatic rings. The molecule has 0 aromatic carbocycles. The molecular formula is C14H13N5OS. The Balaban J connectivity index is 2.14. The first kappa shape index (κ1) is 13.4. The summed E-state index contributed by atoms with van der Waals surface area (Å²) in [6.45, 7) is 3.76. The van der Waals surface area contributed by atoms with E-state index in [0.717, 1.165) is 21.8 Å². The third-order valence-corrected chi connectivity index (χ3v) is 3.76. The van der Waals surface area contributed by atoms with Gasteiger partial charge < -0.3 is 5.21 Å². The molecule has 0 aliphatic carbocycles. The molecule has 0 fully saturated rings. The van der Waals surface area contributed by atoms with Gasteiger partial charge in [-0.3, -0.25) is 0 Å². The van der Waals surface area contributed by atoms with Gasteiger partial charge in [0, 0.05) is 23.5 Å². The van der Waals surface area contributed by atoms with Gasteiger partial charge in [-0.05, 0) is 25.3 Å². The Morgan fingerprint density at radius 2 is 2.19 bits per heavy atom. The van der Waals surface area contributed by atoms with Crippen molar-refractivity contribution in [2.75, 3.05) is 0 Å². The van der Waals surface area contributed by atoms with Crippen LogP contribution < -0.4 is 0 Å². The van der Waals surface area contributed by atoms with Crippen LogP contribution in [0.4, 0.5) is 0 Å². The average molecular weight is 299 g/mol. The molecule has 0 unspecified atom stereocenters. The van der Waals surface area contributed by atoms with Gasteiger partial charge in [-0.2, -0.15) is 5.10 Å². The third kappa shape index (κ3) is 2.68. The monoisotopic (exact) mass is 299 g/mol. The van der Waals surface area contributed by atoms with Crippen LogP contribution in [0.3, 0.4) is 0 Å². The highest BCUT2D eigenvalue weighted by Gasteiger charge is 2.13. The van der Waals surface area contributed by atoms with E-state index < -0.39 is 0 Å². The van der Waals surface area contributed by atoms with Crippen LogP contribution in [0.5, 0.6) is 0 Å². The zero-order valence-corrected chi connectivity index (χ0v) is 12.4. The van der Waals surface area contributed by atoms with E-state index in [2.05, 4.69) is 20.2 Å². The van der Waals surface area contributed by atoms with Crippen LogP contribution in [0, 0.1) is 13.8 Å². The van der Waals surface area contributed by atoms with Gasteiger partial charge in [0.1, 0.15) is 11.5 Å². The summed E-state index contributed by atoms with van der Waals surface area (Å²) in [6, 6.07) is 5.79. The predicted molar refractivity (Wildman–Crippen MR) is 81.3 cm³/mol. The maximum absolute atomic E-state index is 8.82. The minimum absolute atomic E-state index is 0.690. The topological polar surface area (TPSA) is 76.2 Å². The second kappa shape index (κ2) is 5.45. The summed E-state index contributed by atoms with van der Waals surface area (Å²) in [7, 11) is 0. The Hall–Kier alpha value is -2.54. The van der Waals surface area contributed by atoms with Crippen LogP contribution in [0.2, 0.25) is 0 Å². The maximum atomic E-state index is 8.82. The molecule has 0 saturated carbocycles. The first-order chi connectivity index (χ1) is 10.2. The lowest BCUT2D eigenvalue weighted by molar-refractivity contribution is 0.322. The van der Waals surface area contributed by atoms with Gasteiger partial charge >= 0.3 is 0 Å². The molecule has 106 valence electrons. The molecule has 6 nitrogen and oxygen atoms in total. The average Bonchev–Trinajstić information content (AvgIpc) is 3.06. The fraction of sp³-hybridized carbons (Fsp3) is 0.143. The smallest absolute Gasteiger partial charge is 0.157 e. The first-order valence-corrected chi connectivity index (χ1v) is 7.19. The fourth-order valence-corrected chi connectivity index (χ4v) is 2.81. The van der Waals surface area contributed by atoms with E-state index in [1.807, 2.05) is 37.4 Å². The highest BCUT2D eigenvalue weighted by atomic mass is 32.1. The lowest BCUT2D eigenvalue weighted by Gasteiger charge is -2.02. The van der Waals surface area contributed by atoms with E-state index in [0.29, 0.717) is 11.6 Å². The van der Waals surface area contributed by atoms with E-state index in [1.165, 1.54) is 6.21 Å². The molecule has 0 atom stereocenters. The highest BCUT2D eigenvalue weighted by Crippen LogP contribution is 2.26. The molecule has 0 amide bonds. The molecule has 0 radical (unpaired) electrons. The van der Waals surface area contributed by atoms with Crippen molar-refractivity contribution in [2.24, 2.45) is 5.16 Å². The van der Waals surface area contributed by atoms with E-state index in [-0.39, 0.29) is 0 Å². The Bertz CT molecular complexity index is 772. The minimum Gasteiger partial charge on any atom is -0.411 e. The van der Waals surface area contributed by atoms with E-state index in [9.17, 15) is 0 Å². The number of thiophene rings is 1. The van der Waals surface area contributed by atoms with Gasteiger partial charge in [0.05, 0.1) is 11.1 Å². The van der Waals surface area contributed by atoms with Crippen molar-refractivity contribution in [1.82, 2.24) is 19.7 Å². The predicted octanol–water partition coefficient (Wildman–Crippen LogP) is 2.82. The van der Waals surface area contributed by atoms with Crippen molar-refractivity contribution in [3.8, 4) is 16.4 Å². The highest BCUT2D eigenvalue weighted by molar-refractivity contribution is 7.13. The normalized spacial score (nSPS) is 11.3. The van der Waals surface area contributed by atoms with Crippen molar-refractivity contribution in [1.29, 1.82) is 0 Å². The molecule has 21 heavy (non-hydrogen) atoms. The lowest BCUT2D eigenvalue weighted by atomic mass is 10.2. The summed E-state index contributed by atoms with van der Waals surface area (Å²) in [5, 5.41) is 18.5. The molecule has 3 rings (SSSR count). The third-order valence-electron chi connectivity index (χ3n) is 2.88. The van der Waals surface area contributed by atoms with Gasteiger partial charge in [-0.15, -0.1) is 11.3 Å². The lowest BCUT2D eigenvalue weighted by Crippen LogP contribution is -2.02. The molecule has 0 bridgehead atoms. The molecule has 3 aromatic rings. The number of aromatic nitrogens is 4. The zero-order chi connectivity index (χ0) is 14.8. The quantitative estimate of drug-likeness (QED) is 0.458. The summed E-state index contributed by atoms with van der Waals surface area (Å²) in [4.78, 5) is 9.65. The standard InChI is InChI=1S/C14H13N5OS/c1-9-6-13(17-10(2)16-9)19-8-11(7-15-20)14(18-19)12-4-3-5-21-12/h3-8,20H,1-2H3/b15-7+. The van der Waals surface area contributed by atoms with Gasteiger partial charge in [0.2, 0.25) is 0 Å². The molecule has 7 heteroatoms. The number of oxime groups is 1. The molecule has 0 spiro atoms. The Labute approximate surface area is 125 Å². The van der Waals surface area contributed by atoms with Gasteiger partial charge in [-0.1, -0.05) is 11.2 Å². The molecule has 0 saturated heterocycles. The number of nitrogens with zero attached hydrogens (tertiary/aromatic N) is 5. The summed E-state index contributed by atoms with van der Waals surface area (Å²) < 4.78 is 1.67. The van der Waals surface area contributed by atoms with Crippen molar-refractivity contribution in [3.63, 3.8) is 0 Å². The number of hydrogen-bond donors (Lipinski definition) is 1. The van der Waals surface area contributed by atoms with Crippen LogP contribution >= 0.6 is 11.3 Å².